The van der Waals surface area contributed by atoms with Gasteiger partial charge in [-0.25, -0.2) is 0 Å². The van der Waals surface area contributed by atoms with E-state index in [1.54, 1.807) is 0 Å². The van der Waals surface area contributed by atoms with E-state index < -0.39 is 0 Å². The molecule has 1 aromatic rings. The number of ketones is 1. The summed E-state index contributed by atoms with van der Waals surface area (Å²) in [6, 6.07) is 0. The van der Waals surface area contributed by atoms with Gasteiger partial charge in [-0.15, -0.1) is 0 Å². The lowest BCUT2D eigenvalue weighted by molar-refractivity contribution is -0.118. The van der Waals surface area contributed by atoms with Gasteiger partial charge in [0.2, 0.25) is 0 Å². The summed E-state index contributed by atoms with van der Waals surface area (Å²) < 4.78 is 1.84. The molecule has 0 atom stereocenters. The van der Waals surface area contributed by atoms with Crippen molar-refractivity contribution in [2.24, 2.45) is 7.05 Å². The van der Waals surface area contributed by atoms with Crippen molar-refractivity contribution in [2.75, 3.05) is 0 Å². The third-order valence-electron chi connectivity index (χ3n) is 2.49. The molecule has 1 aliphatic carbocycles. The maximum atomic E-state index is 11.1. The molecule has 2 rings (SSSR count). The van der Waals surface area contributed by atoms with E-state index >= 15 is 0 Å². The van der Waals surface area contributed by atoms with Crippen molar-refractivity contribution in [3.63, 3.8) is 0 Å². The van der Waals surface area contributed by atoms with Crippen molar-refractivity contribution < 1.29 is 4.79 Å². The van der Waals surface area contributed by atoms with Crippen LogP contribution in [0.2, 0.25) is 0 Å². The van der Waals surface area contributed by atoms with Gasteiger partial charge in [0.15, 0.2) is 0 Å². The molecule has 0 fully saturated rings. The SMILES string of the molecule is Cc1nn(C)c2c1CCC(=O)C2. The number of fused-ring (bicyclic) bond motifs is 1. The normalized spacial score (nSPS) is 16.3. The first-order valence-electron chi connectivity index (χ1n) is 4.21. The summed E-state index contributed by atoms with van der Waals surface area (Å²) in [6.45, 7) is 2.01. The van der Waals surface area contributed by atoms with Crippen LogP contribution in [-0.2, 0) is 24.7 Å². The molecule has 0 saturated carbocycles. The van der Waals surface area contributed by atoms with Crippen LogP contribution >= 0.6 is 0 Å². The van der Waals surface area contributed by atoms with E-state index in [2.05, 4.69) is 5.10 Å². The number of carbonyl (C=O) groups is 1. The fourth-order valence-electron chi connectivity index (χ4n) is 1.84. The van der Waals surface area contributed by atoms with Crippen molar-refractivity contribution >= 4 is 5.78 Å². The van der Waals surface area contributed by atoms with Crippen LogP contribution in [0.3, 0.4) is 0 Å². The Hall–Kier alpha value is -1.12. The Kier molecular flexibility index (Phi) is 1.53. The standard InChI is InChI=1S/C9H12N2O/c1-6-8-4-3-7(12)5-9(8)11(2)10-6/h3-5H2,1-2H3. The third kappa shape index (κ3) is 0.967. The Morgan fingerprint density at radius 3 is 2.92 bits per heavy atom. The number of carbonyl (C=O) groups excluding carboxylic acids is 1. The molecule has 0 spiro atoms. The Morgan fingerprint density at radius 1 is 1.42 bits per heavy atom. The van der Waals surface area contributed by atoms with Gasteiger partial charge in [-0.2, -0.15) is 5.10 Å². The first kappa shape index (κ1) is 7.53. The van der Waals surface area contributed by atoms with Gasteiger partial charge < -0.3 is 0 Å². The summed E-state index contributed by atoms with van der Waals surface area (Å²) in [5, 5.41) is 4.29. The summed E-state index contributed by atoms with van der Waals surface area (Å²) in [6.07, 6.45) is 2.15. The Balaban J connectivity index is 2.51. The summed E-state index contributed by atoms with van der Waals surface area (Å²) >= 11 is 0. The molecule has 0 amide bonds. The molecule has 0 aliphatic heterocycles. The Labute approximate surface area is 71.4 Å². The molecule has 0 radical (unpaired) electrons. The molecule has 1 heterocycles. The fourth-order valence-corrected chi connectivity index (χ4v) is 1.84. The van der Waals surface area contributed by atoms with E-state index in [-0.39, 0.29) is 0 Å². The van der Waals surface area contributed by atoms with Crippen LogP contribution < -0.4 is 0 Å². The average Bonchev–Trinajstić information content (AvgIpc) is 2.28. The van der Waals surface area contributed by atoms with Gasteiger partial charge in [-0.05, 0) is 18.9 Å². The van der Waals surface area contributed by atoms with E-state index in [1.807, 2.05) is 18.7 Å². The molecule has 0 saturated heterocycles. The number of nitrogens with zero attached hydrogens (tertiary/aromatic N) is 2. The molecule has 0 aromatic carbocycles. The lowest BCUT2D eigenvalue weighted by atomic mass is 9.95. The van der Waals surface area contributed by atoms with Crippen LogP contribution in [0.1, 0.15) is 23.4 Å². The maximum absolute atomic E-state index is 11.1. The zero-order chi connectivity index (χ0) is 8.72. The average molecular weight is 164 g/mol. The highest BCUT2D eigenvalue weighted by molar-refractivity contribution is 5.82. The lowest BCUT2D eigenvalue weighted by Crippen LogP contribution is -2.15. The molecule has 64 valence electrons. The highest BCUT2D eigenvalue weighted by Gasteiger charge is 2.21. The highest BCUT2D eigenvalue weighted by Crippen LogP contribution is 2.21. The minimum absolute atomic E-state index is 0.338. The van der Waals surface area contributed by atoms with Gasteiger partial charge in [0.1, 0.15) is 5.78 Å². The van der Waals surface area contributed by atoms with Crippen molar-refractivity contribution in [1.29, 1.82) is 0 Å². The van der Waals surface area contributed by atoms with Gasteiger partial charge >= 0.3 is 0 Å². The maximum Gasteiger partial charge on any atom is 0.139 e. The van der Waals surface area contributed by atoms with E-state index in [0.717, 1.165) is 17.8 Å². The van der Waals surface area contributed by atoms with E-state index in [0.29, 0.717) is 18.6 Å². The van der Waals surface area contributed by atoms with Crippen LogP contribution in [0.5, 0.6) is 0 Å². The van der Waals surface area contributed by atoms with Gasteiger partial charge in [-0.1, -0.05) is 0 Å². The van der Waals surface area contributed by atoms with E-state index in [9.17, 15) is 4.79 Å². The predicted molar refractivity (Wildman–Crippen MR) is 45.0 cm³/mol. The number of aromatic nitrogens is 2. The fraction of sp³-hybridized carbons (Fsp3) is 0.556. The molecule has 1 aromatic heterocycles. The zero-order valence-corrected chi connectivity index (χ0v) is 7.42. The summed E-state index contributed by atoms with van der Waals surface area (Å²) in [4.78, 5) is 11.1. The second-order valence-corrected chi connectivity index (χ2v) is 3.35. The topological polar surface area (TPSA) is 34.9 Å². The van der Waals surface area contributed by atoms with Crippen molar-refractivity contribution in [3.05, 3.63) is 17.0 Å². The Bertz CT molecular complexity index is 339. The second-order valence-electron chi connectivity index (χ2n) is 3.35. The summed E-state index contributed by atoms with van der Waals surface area (Å²) in [5.74, 6) is 0.338. The number of aryl methyl sites for hydroxylation is 2. The lowest BCUT2D eigenvalue weighted by Gasteiger charge is -2.10. The predicted octanol–water partition coefficient (Wildman–Crippen LogP) is 0.786. The van der Waals surface area contributed by atoms with Gasteiger partial charge in [0, 0.05) is 25.6 Å². The quantitative estimate of drug-likeness (QED) is 0.568. The molecule has 3 nitrogen and oxygen atoms in total. The van der Waals surface area contributed by atoms with Crippen LogP contribution in [0.4, 0.5) is 0 Å². The molecular formula is C9H12N2O. The first-order valence-corrected chi connectivity index (χ1v) is 4.21. The van der Waals surface area contributed by atoms with Crippen LogP contribution in [-0.4, -0.2) is 15.6 Å². The molecule has 0 N–H and O–H groups in total. The monoisotopic (exact) mass is 164 g/mol. The van der Waals surface area contributed by atoms with E-state index in [4.69, 9.17) is 0 Å². The minimum atomic E-state index is 0.338. The minimum Gasteiger partial charge on any atom is -0.299 e. The third-order valence-corrected chi connectivity index (χ3v) is 2.49. The van der Waals surface area contributed by atoms with Crippen molar-refractivity contribution in [2.45, 2.75) is 26.2 Å². The zero-order valence-electron chi connectivity index (χ0n) is 7.42. The molecular weight excluding hydrogens is 152 g/mol. The Morgan fingerprint density at radius 2 is 2.17 bits per heavy atom. The van der Waals surface area contributed by atoms with Gasteiger partial charge in [0.05, 0.1) is 5.69 Å². The molecule has 3 heteroatoms. The first-order chi connectivity index (χ1) is 5.68. The number of hydrogen-bond acceptors (Lipinski definition) is 2. The second kappa shape index (κ2) is 2.44. The molecule has 0 unspecified atom stereocenters. The van der Waals surface area contributed by atoms with Crippen molar-refractivity contribution in [1.82, 2.24) is 9.78 Å². The molecule has 1 aliphatic rings. The molecule has 0 bridgehead atoms. The largest absolute Gasteiger partial charge is 0.299 e. The smallest absolute Gasteiger partial charge is 0.139 e. The van der Waals surface area contributed by atoms with Gasteiger partial charge in [0.25, 0.3) is 0 Å². The number of Topliss-reactive ketones (excluding diaryl/α,β-unsaturated/α-hetero) is 1. The highest BCUT2D eigenvalue weighted by atomic mass is 16.1. The van der Waals surface area contributed by atoms with Crippen molar-refractivity contribution in [3.8, 4) is 0 Å². The van der Waals surface area contributed by atoms with Crippen LogP contribution in [0.15, 0.2) is 0 Å². The van der Waals surface area contributed by atoms with Crippen LogP contribution in [0.25, 0.3) is 0 Å². The van der Waals surface area contributed by atoms with Crippen LogP contribution in [0, 0.1) is 6.92 Å². The number of hydrogen-bond donors (Lipinski definition) is 0. The van der Waals surface area contributed by atoms with Gasteiger partial charge in [-0.3, -0.25) is 9.48 Å². The van der Waals surface area contributed by atoms with E-state index in [1.165, 1.54) is 5.56 Å². The molecule has 12 heavy (non-hydrogen) atoms. The number of rotatable bonds is 0. The summed E-state index contributed by atoms with van der Waals surface area (Å²) in [5.41, 5.74) is 3.49. The summed E-state index contributed by atoms with van der Waals surface area (Å²) in [7, 11) is 1.91.